The van der Waals surface area contributed by atoms with Crippen molar-refractivity contribution < 1.29 is 0 Å². The monoisotopic (exact) mass is 324 g/mol. The summed E-state index contributed by atoms with van der Waals surface area (Å²) in [7, 11) is 0. The summed E-state index contributed by atoms with van der Waals surface area (Å²) in [6.45, 7) is 12.6. The molecule has 8 fully saturated rings. The fourth-order valence-corrected chi connectivity index (χ4v) is 11.1. The lowest BCUT2D eigenvalue weighted by atomic mass is 9.32. The molecule has 0 N–H and O–H groups in total. The molecule has 132 valence electrons. The molecule has 0 heterocycles. The minimum atomic E-state index is 0.517. The Morgan fingerprint density at radius 3 is 2.17 bits per heavy atom. The first-order valence-corrected chi connectivity index (χ1v) is 10.9. The van der Waals surface area contributed by atoms with Crippen molar-refractivity contribution in [2.24, 2.45) is 51.2 Å². The largest absolute Gasteiger partial charge is 0.0990 e. The molecule has 0 nitrogen and oxygen atoms in total. The normalized spacial score (nSPS) is 66.5. The van der Waals surface area contributed by atoms with Gasteiger partial charge in [0, 0.05) is 0 Å². The van der Waals surface area contributed by atoms with Crippen LogP contribution in [0.1, 0.15) is 85.0 Å². The molecule has 0 amide bonds. The number of rotatable bonds is 1. The van der Waals surface area contributed by atoms with E-state index in [4.69, 9.17) is 6.58 Å². The van der Waals surface area contributed by atoms with Gasteiger partial charge in [0.25, 0.3) is 0 Å². The Morgan fingerprint density at radius 1 is 0.792 bits per heavy atom. The molecule has 0 saturated heterocycles. The van der Waals surface area contributed by atoms with E-state index in [0.29, 0.717) is 21.7 Å². The van der Waals surface area contributed by atoms with E-state index < -0.39 is 0 Å². The maximum atomic E-state index is 4.74. The molecule has 0 aromatic carbocycles. The Hall–Kier alpha value is -0.260. The number of hydrogen-bond acceptors (Lipinski definition) is 0. The first-order valence-electron chi connectivity index (χ1n) is 10.9. The summed E-state index contributed by atoms with van der Waals surface area (Å²) in [6, 6.07) is 0. The molecule has 8 bridgehead atoms. The molecular weight excluding hydrogens is 288 g/mol. The molecule has 8 aliphatic carbocycles. The highest BCUT2D eigenvalue weighted by atomic mass is 14.7. The Morgan fingerprint density at radius 2 is 1.50 bits per heavy atom. The maximum absolute atomic E-state index is 4.74. The fraction of sp³-hybridized carbons (Fsp3) is 0.917. The van der Waals surface area contributed by atoms with Crippen LogP contribution in [0.4, 0.5) is 0 Å². The van der Waals surface area contributed by atoms with Gasteiger partial charge in [-0.1, -0.05) is 32.9 Å². The van der Waals surface area contributed by atoms with Crippen LogP contribution < -0.4 is 0 Å². The van der Waals surface area contributed by atoms with Crippen LogP contribution >= 0.6 is 0 Å². The smallest absolute Gasteiger partial charge is 0.0111 e. The van der Waals surface area contributed by atoms with Gasteiger partial charge in [0.1, 0.15) is 0 Å². The van der Waals surface area contributed by atoms with E-state index in [1.807, 2.05) is 0 Å². The first-order chi connectivity index (χ1) is 11.2. The van der Waals surface area contributed by atoms with E-state index in [2.05, 4.69) is 20.8 Å². The highest BCUT2D eigenvalue weighted by Gasteiger charge is 2.67. The van der Waals surface area contributed by atoms with E-state index in [1.54, 1.807) is 44.1 Å². The lowest BCUT2D eigenvalue weighted by molar-refractivity contribution is -0.207. The molecule has 7 unspecified atom stereocenters. The highest BCUT2D eigenvalue weighted by molar-refractivity contribution is 5.28. The lowest BCUT2D eigenvalue weighted by Gasteiger charge is -2.72. The zero-order valence-corrected chi connectivity index (χ0v) is 16.2. The average Bonchev–Trinajstić information content (AvgIpc) is 2.39. The van der Waals surface area contributed by atoms with Gasteiger partial charge in [-0.3, -0.25) is 0 Å². The summed E-state index contributed by atoms with van der Waals surface area (Å²) in [6.07, 6.45) is 15.4. The number of allylic oxidation sites excluding steroid dienone is 1. The molecule has 0 aromatic rings. The molecule has 0 aliphatic heterocycles. The molecule has 8 saturated carbocycles. The van der Waals surface area contributed by atoms with Gasteiger partial charge in [-0.15, -0.1) is 0 Å². The van der Waals surface area contributed by atoms with Crippen molar-refractivity contribution in [3.05, 3.63) is 12.2 Å². The van der Waals surface area contributed by atoms with Crippen LogP contribution in [0.5, 0.6) is 0 Å². The van der Waals surface area contributed by atoms with Gasteiger partial charge in [-0.05, 0) is 115 Å². The highest BCUT2D eigenvalue weighted by Crippen LogP contribution is 2.77. The predicted octanol–water partition coefficient (Wildman–Crippen LogP) is 6.61. The van der Waals surface area contributed by atoms with Gasteiger partial charge >= 0.3 is 0 Å². The van der Waals surface area contributed by atoms with Gasteiger partial charge in [0.2, 0.25) is 0 Å². The van der Waals surface area contributed by atoms with Crippen LogP contribution in [0.15, 0.2) is 12.2 Å². The third-order valence-corrected chi connectivity index (χ3v) is 10.2. The van der Waals surface area contributed by atoms with Crippen LogP contribution in [0.3, 0.4) is 0 Å². The van der Waals surface area contributed by atoms with Gasteiger partial charge in [-0.2, -0.15) is 0 Å². The Kier molecular flexibility index (Phi) is 2.49. The second-order valence-electron chi connectivity index (χ2n) is 12.7. The standard InChI is InChI=1S/C24H36/c1-15-19-6-16-5-18(11-23(15,4)9-16)20(19)24-10-17-7-21(2,13-24)12-22(3,8-17)14-24/h16-20H,1,5-14H2,2-4H3. The van der Waals surface area contributed by atoms with Gasteiger partial charge in [-0.25, -0.2) is 0 Å². The maximum Gasteiger partial charge on any atom is -0.0111 e. The Balaban J connectivity index is 1.45. The minimum absolute atomic E-state index is 0.517. The van der Waals surface area contributed by atoms with Crippen LogP contribution in [0.25, 0.3) is 0 Å². The quantitative estimate of drug-likeness (QED) is 0.476. The fourth-order valence-electron chi connectivity index (χ4n) is 11.1. The van der Waals surface area contributed by atoms with E-state index in [1.165, 1.54) is 25.7 Å². The summed E-state index contributed by atoms with van der Waals surface area (Å²) < 4.78 is 0. The molecule has 24 heavy (non-hydrogen) atoms. The van der Waals surface area contributed by atoms with Crippen molar-refractivity contribution in [3.8, 4) is 0 Å². The first kappa shape index (κ1) is 14.9. The molecular formula is C24H36. The third kappa shape index (κ3) is 1.67. The second kappa shape index (κ2) is 4.01. The van der Waals surface area contributed by atoms with E-state index in [9.17, 15) is 0 Å². The molecule has 0 heteroatoms. The number of hydrogen-bond donors (Lipinski definition) is 0. The van der Waals surface area contributed by atoms with Gasteiger partial charge < -0.3 is 0 Å². The van der Waals surface area contributed by atoms with Crippen molar-refractivity contribution in [3.63, 3.8) is 0 Å². The summed E-state index contributed by atoms with van der Waals surface area (Å²) in [4.78, 5) is 0. The Bertz CT molecular complexity index is 610. The Labute approximate surface area is 148 Å². The van der Waals surface area contributed by atoms with Crippen LogP contribution in [0.2, 0.25) is 0 Å². The molecule has 8 rings (SSSR count). The average molecular weight is 325 g/mol. The second-order valence-corrected chi connectivity index (χ2v) is 12.7. The zero-order valence-electron chi connectivity index (χ0n) is 16.2. The third-order valence-electron chi connectivity index (χ3n) is 10.2. The van der Waals surface area contributed by atoms with Crippen LogP contribution in [0, 0.1) is 51.2 Å². The van der Waals surface area contributed by atoms with E-state index in [0.717, 1.165) is 29.6 Å². The summed E-state index contributed by atoms with van der Waals surface area (Å²) in [5.41, 5.74) is 4.27. The molecule has 7 atom stereocenters. The lowest BCUT2D eigenvalue weighted by Crippen LogP contribution is -2.63. The summed E-state index contributed by atoms with van der Waals surface area (Å²) >= 11 is 0. The molecule has 0 spiro atoms. The van der Waals surface area contributed by atoms with Crippen molar-refractivity contribution in [2.75, 3.05) is 0 Å². The van der Waals surface area contributed by atoms with Crippen LogP contribution in [-0.2, 0) is 0 Å². The predicted molar refractivity (Wildman–Crippen MR) is 99.5 cm³/mol. The van der Waals surface area contributed by atoms with Crippen molar-refractivity contribution in [1.82, 2.24) is 0 Å². The van der Waals surface area contributed by atoms with Crippen molar-refractivity contribution in [1.29, 1.82) is 0 Å². The SMILES string of the molecule is C=C1C2CC3CC(CC1(C)C3)C2C12CC3CC(C)(CC(C)(C3)C1)C2. The zero-order chi connectivity index (χ0) is 16.5. The van der Waals surface area contributed by atoms with Crippen molar-refractivity contribution in [2.45, 2.75) is 85.0 Å². The topological polar surface area (TPSA) is 0 Å². The molecule has 8 aliphatic rings. The van der Waals surface area contributed by atoms with Gasteiger partial charge in [0.15, 0.2) is 0 Å². The molecule has 0 aromatic heterocycles. The van der Waals surface area contributed by atoms with E-state index in [-0.39, 0.29) is 0 Å². The van der Waals surface area contributed by atoms with Crippen molar-refractivity contribution >= 4 is 0 Å². The molecule has 0 radical (unpaired) electrons. The van der Waals surface area contributed by atoms with Crippen LogP contribution in [-0.4, -0.2) is 0 Å². The van der Waals surface area contributed by atoms with Gasteiger partial charge in [0.05, 0.1) is 0 Å². The minimum Gasteiger partial charge on any atom is -0.0990 e. The summed E-state index contributed by atoms with van der Waals surface area (Å²) in [5.74, 6) is 5.04. The summed E-state index contributed by atoms with van der Waals surface area (Å²) in [5, 5.41) is 0. The van der Waals surface area contributed by atoms with E-state index >= 15 is 0 Å².